The van der Waals surface area contributed by atoms with Gasteiger partial charge in [0.1, 0.15) is 11.6 Å². The molecular weight excluding hydrogens is 302 g/mol. The van der Waals surface area contributed by atoms with Crippen LogP contribution in [0, 0.1) is 18.3 Å². The summed E-state index contributed by atoms with van der Waals surface area (Å²) in [5.74, 6) is -0.297. The molecule has 2 aromatic rings. The molecule has 0 bridgehead atoms. The van der Waals surface area contributed by atoms with Crippen LogP contribution in [0.25, 0.3) is 0 Å². The van der Waals surface area contributed by atoms with Gasteiger partial charge in [0.15, 0.2) is 5.78 Å². The van der Waals surface area contributed by atoms with Crippen LogP contribution in [0.5, 0.6) is 0 Å². The first-order valence-electron chi connectivity index (χ1n) is 6.87. The predicted molar refractivity (Wildman–Crippen MR) is 81.3 cm³/mol. The van der Waals surface area contributed by atoms with Crippen LogP contribution < -0.4 is 11.2 Å². The third-order valence-corrected chi connectivity index (χ3v) is 4.61. The highest BCUT2D eigenvalue weighted by atomic mass is 32.1. The Kier molecular flexibility index (Phi) is 3.54. The van der Waals surface area contributed by atoms with Crippen LogP contribution in [0.15, 0.2) is 27.9 Å². The number of aromatic nitrogens is 2. The quantitative estimate of drug-likeness (QED) is 0.800. The molecule has 0 aliphatic heterocycles. The monoisotopic (exact) mass is 315 g/mol. The van der Waals surface area contributed by atoms with Gasteiger partial charge in [0.25, 0.3) is 5.56 Å². The molecule has 1 aliphatic carbocycles. The van der Waals surface area contributed by atoms with Gasteiger partial charge in [-0.15, -0.1) is 11.3 Å². The molecule has 2 heterocycles. The molecule has 0 unspecified atom stereocenters. The van der Waals surface area contributed by atoms with E-state index in [-0.39, 0.29) is 23.9 Å². The minimum atomic E-state index is -0.703. The first-order valence-corrected chi connectivity index (χ1v) is 7.68. The largest absolute Gasteiger partial charge is 0.331 e. The van der Waals surface area contributed by atoms with Crippen LogP contribution in [0.2, 0.25) is 0 Å². The van der Waals surface area contributed by atoms with Gasteiger partial charge in [0.05, 0.1) is 11.4 Å². The van der Waals surface area contributed by atoms with Gasteiger partial charge in [-0.1, -0.05) is 0 Å². The van der Waals surface area contributed by atoms with Gasteiger partial charge in [-0.3, -0.25) is 18.7 Å². The molecule has 0 saturated heterocycles. The van der Waals surface area contributed by atoms with E-state index >= 15 is 0 Å². The number of thiophene rings is 1. The molecule has 6 nitrogen and oxygen atoms in total. The summed E-state index contributed by atoms with van der Waals surface area (Å²) in [5, 5.41) is 9.05. The minimum absolute atomic E-state index is 0.0329. The molecule has 1 aliphatic rings. The van der Waals surface area contributed by atoms with Crippen molar-refractivity contribution in [2.75, 3.05) is 0 Å². The second kappa shape index (κ2) is 5.39. The van der Waals surface area contributed by atoms with Crippen LogP contribution in [0.1, 0.15) is 39.0 Å². The molecular formula is C15H13N3O3S. The molecule has 0 amide bonds. The maximum Gasteiger partial charge on any atom is 0.331 e. The Hall–Kier alpha value is -2.46. The number of rotatable bonds is 4. The van der Waals surface area contributed by atoms with E-state index in [1.54, 1.807) is 12.1 Å². The van der Waals surface area contributed by atoms with Gasteiger partial charge in [0, 0.05) is 17.1 Å². The lowest BCUT2D eigenvalue weighted by Crippen LogP contribution is -2.42. The first-order chi connectivity index (χ1) is 10.5. The highest BCUT2D eigenvalue weighted by Gasteiger charge is 2.27. The Labute approximate surface area is 129 Å². The Morgan fingerprint density at radius 1 is 1.41 bits per heavy atom. The molecule has 0 aromatic carbocycles. The topological polar surface area (TPSA) is 84.9 Å². The van der Waals surface area contributed by atoms with Crippen molar-refractivity contribution in [2.45, 2.75) is 32.4 Å². The van der Waals surface area contributed by atoms with Crippen LogP contribution in [-0.4, -0.2) is 14.9 Å². The zero-order chi connectivity index (χ0) is 15.9. The van der Waals surface area contributed by atoms with Gasteiger partial charge in [-0.25, -0.2) is 4.79 Å². The van der Waals surface area contributed by atoms with Crippen molar-refractivity contribution >= 4 is 17.1 Å². The summed E-state index contributed by atoms with van der Waals surface area (Å²) < 4.78 is 2.27. The molecule has 1 fully saturated rings. The Balaban J connectivity index is 2.04. The molecule has 112 valence electrons. The number of carbonyl (C=O) groups excluding carboxylic acids is 1. The standard InChI is InChI=1S/C15H13N3O3S/c1-9-2-5-13(22-9)12(19)8-18-14(20)10(6-16)7-17(15(18)21)11-3-4-11/h2,5,7,11H,3-4,8H2,1H3. The average Bonchev–Trinajstić information content (AvgIpc) is 3.24. The van der Waals surface area contributed by atoms with Crippen molar-refractivity contribution in [2.24, 2.45) is 0 Å². The fraction of sp³-hybridized carbons (Fsp3) is 0.333. The lowest BCUT2D eigenvalue weighted by molar-refractivity contribution is 0.0972. The number of nitriles is 1. The lowest BCUT2D eigenvalue weighted by Gasteiger charge is -2.09. The van der Waals surface area contributed by atoms with Crippen LogP contribution >= 0.6 is 11.3 Å². The van der Waals surface area contributed by atoms with Gasteiger partial charge in [-0.05, 0) is 31.9 Å². The maximum atomic E-state index is 12.4. The van der Waals surface area contributed by atoms with E-state index in [9.17, 15) is 14.4 Å². The molecule has 0 N–H and O–H groups in total. The summed E-state index contributed by atoms with van der Waals surface area (Å²) in [4.78, 5) is 38.3. The summed E-state index contributed by atoms with van der Waals surface area (Å²) in [6, 6.07) is 5.33. The number of ketones is 1. The van der Waals surface area contributed by atoms with Gasteiger partial charge >= 0.3 is 5.69 Å². The van der Waals surface area contributed by atoms with E-state index in [4.69, 9.17) is 5.26 Å². The fourth-order valence-electron chi connectivity index (χ4n) is 2.26. The maximum absolute atomic E-state index is 12.4. The third-order valence-electron chi connectivity index (χ3n) is 3.57. The Morgan fingerprint density at radius 3 is 2.68 bits per heavy atom. The van der Waals surface area contributed by atoms with Crippen molar-refractivity contribution in [3.8, 4) is 6.07 Å². The van der Waals surface area contributed by atoms with Gasteiger partial charge in [-0.2, -0.15) is 5.26 Å². The number of aryl methyl sites for hydroxylation is 1. The van der Waals surface area contributed by atoms with E-state index in [1.807, 2.05) is 13.0 Å². The number of Topliss-reactive ketones (excluding diaryl/α,β-unsaturated/α-hetero) is 1. The summed E-state index contributed by atoms with van der Waals surface area (Å²) in [7, 11) is 0. The summed E-state index contributed by atoms with van der Waals surface area (Å²) in [6.07, 6.45) is 3.00. The van der Waals surface area contributed by atoms with Crippen LogP contribution in [0.4, 0.5) is 0 Å². The molecule has 3 rings (SSSR count). The normalized spacial score (nSPS) is 13.8. The first kappa shape index (κ1) is 14.5. The van der Waals surface area contributed by atoms with Crippen LogP contribution in [0.3, 0.4) is 0 Å². The number of hydrogen-bond acceptors (Lipinski definition) is 5. The zero-order valence-corrected chi connectivity index (χ0v) is 12.7. The van der Waals surface area contributed by atoms with Crippen molar-refractivity contribution in [3.63, 3.8) is 0 Å². The number of carbonyl (C=O) groups is 1. The highest BCUT2D eigenvalue weighted by molar-refractivity contribution is 7.14. The molecule has 2 aromatic heterocycles. The SMILES string of the molecule is Cc1ccc(C(=O)Cn2c(=O)c(C#N)cn(C3CC3)c2=O)s1. The van der Waals surface area contributed by atoms with Crippen LogP contribution in [-0.2, 0) is 6.54 Å². The molecule has 0 spiro atoms. The van der Waals surface area contributed by atoms with Crippen molar-refractivity contribution in [3.05, 3.63) is 54.5 Å². The van der Waals surface area contributed by atoms with Gasteiger partial charge in [0.2, 0.25) is 0 Å². The Morgan fingerprint density at radius 2 is 2.14 bits per heavy atom. The molecule has 0 radical (unpaired) electrons. The minimum Gasteiger partial charge on any atom is -0.296 e. The van der Waals surface area contributed by atoms with Crippen molar-refractivity contribution < 1.29 is 4.79 Å². The summed E-state index contributed by atoms with van der Waals surface area (Å²) >= 11 is 1.32. The predicted octanol–water partition coefficient (Wildman–Crippen LogP) is 1.47. The van der Waals surface area contributed by atoms with E-state index in [2.05, 4.69) is 0 Å². The lowest BCUT2D eigenvalue weighted by atomic mass is 10.3. The number of nitrogens with zero attached hydrogens (tertiary/aromatic N) is 3. The molecule has 0 atom stereocenters. The van der Waals surface area contributed by atoms with E-state index in [0.29, 0.717) is 4.88 Å². The second-order valence-electron chi connectivity index (χ2n) is 5.30. The Bertz CT molecular complexity index is 909. The van der Waals surface area contributed by atoms with E-state index < -0.39 is 11.2 Å². The van der Waals surface area contributed by atoms with E-state index in [1.165, 1.54) is 22.1 Å². The fourth-order valence-corrected chi connectivity index (χ4v) is 3.05. The highest BCUT2D eigenvalue weighted by Crippen LogP contribution is 2.33. The third kappa shape index (κ3) is 2.53. The molecule has 1 saturated carbocycles. The molecule has 7 heteroatoms. The smallest absolute Gasteiger partial charge is 0.296 e. The summed E-state index contributed by atoms with van der Waals surface area (Å²) in [5.41, 5.74) is -1.33. The van der Waals surface area contributed by atoms with Crippen molar-refractivity contribution in [1.29, 1.82) is 5.26 Å². The molecule has 22 heavy (non-hydrogen) atoms. The second-order valence-corrected chi connectivity index (χ2v) is 6.59. The van der Waals surface area contributed by atoms with Crippen molar-refractivity contribution in [1.82, 2.24) is 9.13 Å². The number of hydrogen-bond donors (Lipinski definition) is 0. The zero-order valence-electron chi connectivity index (χ0n) is 11.9. The average molecular weight is 315 g/mol. The summed E-state index contributed by atoms with van der Waals surface area (Å²) in [6.45, 7) is 1.55. The van der Waals surface area contributed by atoms with E-state index in [0.717, 1.165) is 22.3 Å². The van der Waals surface area contributed by atoms with Gasteiger partial charge < -0.3 is 0 Å².